The zero-order valence-corrected chi connectivity index (χ0v) is 11.6. The molecule has 0 radical (unpaired) electrons. The molecular formula is C13H10ClF4N3. The summed E-state index contributed by atoms with van der Waals surface area (Å²) in [6, 6.07) is 4.21. The third-order valence-corrected chi connectivity index (χ3v) is 2.73. The predicted molar refractivity (Wildman–Crippen MR) is 71.6 cm³/mol. The molecule has 0 saturated heterocycles. The number of rotatable bonds is 3. The lowest BCUT2D eigenvalue weighted by Crippen LogP contribution is -2.12. The first-order chi connectivity index (χ1) is 9.79. The highest BCUT2D eigenvalue weighted by atomic mass is 35.5. The van der Waals surface area contributed by atoms with Crippen molar-refractivity contribution in [1.29, 1.82) is 0 Å². The number of halogens is 5. The SMILES string of the molecule is CCNc1nc(-c2cc(F)cc(Cl)c2)cc(C(F)(F)F)n1. The maximum Gasteiger partial charge on any atom is 0.433 e. The van der Waals surface area contributed by atoms with Crippen molar-refractivity contribution in [2.75, 3.05) is 11.9 Å². The number of nitrogens with zero attached hydrogens (tertiary/aromatic N) is 2. The lowest BCUT2D eigenvalue weighted by molar-refractivity contribution is -0.141. The first-order valence-corrected chi connectivity index (χ1v) is 6.34. The minimum atomic E-state index is -4.63. The van der Waals surface area contributed by atoms with Gasteiger partial charge in [0, 0.05) is 17.1 Å². The Kier molecular flexibility index (Phi) is 4.32. The Hall–Kier alpha value is -1.89. The van der Waals surface area contributed by atoms with Gasteiger partial charge in [-0.2, -0.15) is 13.2 Å². The van der Waals surface area contributed by atoms with Gasteiger partial charge in [-0.15, -0.1) is 0 Å². The van der Waals surface area contributed by atoms with E-state index in [9.17, 15) is 17.6 Å². The van der Waals surface area contributed by atoms with Gasteiger partial charge in [-0.05, 0) is 31.2 Å². The molecule has 0 saturated carbocycles. The van der Waals surface area contributed by atoms with E-state index in [1.807, 2.05) is 0 Å². The van der Waals surface area contributed by atoms with Gasteiger partial charge in [-0.25, -0.2) is 14.4 Å². The van der Waals surface area contributed by atoms with E-state index < -0.39 is 17.7 Å². The van der Waals surface area contributed by atoms with Crippen LogP contribution >= 0.6 is 11.6 Å². The Labute approximate surface area is 123 Å². The first kappa shape index (κ1) is 15.5. The van der Waals surface area contributed by atoms with E-state index in [-0.39, 0.29) is 22.2 Å². The summed E-state index contributed by atoms with van der Waals surface area (Å²) in [6.45, 7) is 2.05. The van der Waals surface area contributed by atoms with E-state index in [0.717, 1.165) is 18.2 Å². The van der Waals surface area contributed by atoms with Crippen LogP contribution in [0.2, 0.25) is 5.02 Å². The Morgan fingerprint density at radius 1 is 1.14 bits per heavy atom. The molecule has 0 atom stereocenters. The van der Waals surface area contributed by atoms with Crippen molar-refractivity contribution in [3.63, 3.8) is 0 Å². The van der Waals surface area contributed by atoms with Crippen LogP contribution in [-0.2, 0) is 6.18 Å². The molecule has 1 aromatic carbocycles. The highest BCUT2D eigenvalue weighted by Crippen LogP contribution is 2.32. The van der Waals surface area contributed by atoms with E-state index in [2.05, 4.69) is 15.3 Å². The maximum atomic E-state index is 13.3. The Balaban J connectivity index is 2.59. The molecule has 0 aliphatic carbocycles. The molecule has 0 aliphatic rings. The second kappa shape index (κ2) is 5.85. The average molecular weight is 320 g/mol. The van der Waals surface area contributed by atoms with Crippen LogP contribution in [0.3, 0.4) is 0 Å². The lowest BCUT2D eigenvalue weighted by atomic mass is 10.1. The summed E-state index contributed by atoms with van der Waals surface area (Å²) < 4.78 is 51.9. The zero-order chi connectivity index (χ0) is 15.6. The van der Waals surface area contributed by atoms with Crippen LogP contribution in [-0.4, -0.2) is 16.5 Å². The quantitative estimate of drug-likeness (QED) is 0.853. The summed E-state index contributed by atoms with van der Waals surface area (Å²) in [4.78, 5) is 7.33. The molecule has 0 amide bonds. The van der Waals surface area contributed by atoms with Crippen molar-refractivity contribution >= 4 is 17.5 Å². The molecule has 0 fully saturated rings. The smallest absolute Gasteiger partial charge is 0.354 e. The normalized spacial score (nSPS) is 11.5. The highest BCUT2D eigenvalue weighted by molar-refractivity contribution is 6.30. The van der Waals surface area contributed by atoms with E-state index in [1.165, 1.54) is 6.07 Å². The molecule has 3 nitrogen and oxygen atoms in total. The van der Waals surface area contributed by atoms with Crippen LogP contribution in [0.5, 0.6) is 0 Å². The van der Waals surface area contributed by atoms with Gasteiger partial charge in [-0.3, -0.25) is 0 Å². The Morgan fingerprint density at radius 2 is 1.86 bits per heavy atom. The molecule has 0 bridgehead atoms. The van der Waals surface area contributed by atoms with Crippen molar-refractivity contribution in [3.8, 4) is 11.3 Å². The van der Waals surface area contributed by atoms with Crippen LogP contribution in [0.25, 0.3) is 11.3 Å². The van der Waals surface area contributed by atoms with Crippen molar-refractivity contribution in [3.05, 3.63) is 40.8 Å². The molecule has 21 heavy (non-hydrogen) atoms. The van der Waals surface area contributed by atoms with Crippen LogP contribution < -0.4 is 5.32 Å². The number of nitrogens with one attached hydrogen (secondary N) is 1. The monoisotopic (exact) mass is 319 g/mol. The van der Waals surface area contributed by atoms with E-state index in [1.54, 1.807) is 6.92 Å². The van der Waals surface area contributed by atoms with Crippen molar-refractivity contribution < 1.29 is 17.6 Å². The number of hydrogen-bond donors (Lipinski definition) is 1. The van der Waals surface area contributed by atoms with Gasteiger partial charge in [-0.1, -0.05) is 11.6 Å². The second-order valence-electron chi connectivity index (χ2n) is 4.15. The summed E-state index contributed by atoms with van der Waals surface area (Å²) >= 11 is 5.71. The predicted octanol–water partition coefficient (Wildman–Crippen LogP) is 4.39. The molecule has 1 heterocycles. The first-order valence-electron chi connectivity index (χ1n) is 5.96. The number of alkyl halides is 3. The summed E-state index contributed by atoms with van der Waals surface area (Å²) in [5.74, 6) is -0.836. The molecular weight excluding hydrogens is 310 g/mol. The number of hydrogen-bond acceptors (Lipinski definition) is 3. The van der Waals surface area contributed by atoms with Crippen LogP contribution in [0.15, 0.2) is 24.3 Å². The fraction of sp³-hybridized carbons (Fsp3) is 0.231. The van der Waals surface area contributed by atoms with Gasteiger partial charge in [0.1, 0.15) is 5.82 Å². The van der Waals surface area contributed by atoms with Crippen LogP contribution in [0.4, 0.5) is 23.5 Å². The topological polar surface area (TPSA) is 37.8 Å². The summed E-state index contributed by atoms with van der Waals surface area (Å²) in [5, 5.41) is 2.68. The molecule has 1 N–H and O–H groups in total. The van der Waals surface area contributed by atoms with E-state index in [0.29, 0.717) is 6.54 Å². The van der Waals surface area contributed by atoms with Gasteiger partial charge in [0.05, 0.1) is 5.69 Å². The van der Waals surface area contributed by atoms with Gasteiger partial charge in [0.2, 0.25) is 5.95 Å². The number of aromatic nitrogens is 2. The third-order valence-electron chi connectivity index (χ3n) is 2.51. The maximum absolute atomic E-state index is 13.3. The average Bonchev–Trinajstić information content (AvgIpc) is 2.36. The van der Waals surface area contributed by atoms with Crippen LogP contribution in [0.1, 0.15) is 12.6 Å². The highest BCUT2D eigenvalue weighted by Gasteiger charge is 2.33. The van der Waals surface area contributed by atoms with Gasteiger partial charge < -0.3 is 5.32 Å². The summed E-state index contributed by atoms with van der Waals surface area (Å²) in [7, 11) is 0. The van der Waals surface area contributed by atoms with Gasteiger partial charge >= 0.3 is 6.18 Å². The summed E-state index contributed by atoms with van der Waals surface area (Å²) in [5.41, 5.74) is -1.02. The van der Waals surface area contributed by atoms with Crippen LogP contribution in [0, 0.1) is 5.82 Å². The zero-order valence-electron chi connectivity index (χ0n) is 10.8. The van der Waals surface area contributed by atoms with Crippen molar-refractivity contribution in [2.24, 2.45) is 0 Å². The molecule has 8 heteroatoms. The molecule has 0 aliphatic heterocycles. The molecule has 112 valence electrons. The molecule has 1 aromatic heterocycles. The lowest BCUT2D eigenvalue weighted by Gasteiger charge is -2.11. The van der Waals surface area contributed by atoms with Crippen molar-refractivity contribution in [1.82, 2.24) is 9.97 Å². The fourth-order valence-corrected chi connectivity index (χ4v) is 1.90. The minimum Gasteiger partial charge on any atom is -0.354 e. The van der Waals surface area contributed by atoms with Gasteiger partial charge in [0.15, 0.2) is 5.69 Å². The number of benzene rings is 1. The molecule has 0 spiro atoms. The minimum absolute atomic E-state index is 0.0605. The third kappa shape index (κ3) is 3.81. The van der Waals surface area contributed by atoms with Gasteiger partial charge in [0.25, 0.3) is 0 Å². The van der Waals surface area contributed by atoms with E-state index in [4.69, 9.17) is 11.6 Å². The largest absolute Gasteiger partial charge is 0.433 e. The molecule has 2 aromatic rings. The molecule has 0 unspecified atom stereocenters. The standard InChI is InChI=1S/C13H10ClF4N3/c1-2-19-12-20-10(6-11(21-12)13(16,17)18)7-3-8(14)5-9(15)4-7/h3-6H,2H2,1H3,(H,19,20,21). The Morgan fingerprint density at radius 3 is 2.43 bits per heavy atom. The summed E-state index contributed by atoms with van der Waals surface area (Å²) in [6.07, 6.45) is -4.63. The second-order valence-corrected chi connectivity index (χ2v) is 4.58. The van der Waals surface area contributed by atoms with Crippen molar-refractivity contribution in [2.45, 2.75) is 13.1 Å². The number of anilines is 1. The fourth-order valence-electron chi connectivity index (χ4n) is 1.68. The Bertz CT molecular complexity index is 638. The molecule has 2 rings (SSSR count). The van der Waals surface area contributed by atoms with E-state index >= 15 is 0 Å².